The average Bonchev–Trinajstić information content (AvgIpc) is 2.92. The van der Waals surface area contributed by atoms with E-state index in [9.17, 15) is 4.79 Å². The molecule has 1 aromatic heterocycles. The molecule has 2 N–H and O–H groups in total. The first kappa shape index (κ1) is 13.6. The average molecular weight is 288 g/mol. The summed E-state index contributed by atoms with van der Waals surface area (Å²) in [6.07, 6.45) is 5.15. The van der Waals surface area contributed by atoms with Crippen molar-refractivity contribution in [1.82, 2.24) is 10.3 Å². The number of benzene rings is 1. The van der Waals surface area contributed by atoms with Gasteiger partial charge in [-0.25, -0.2) is 0 Å². The van der Waals surface area contributed by atoms with Crippen molar-refractivity contribution >= 4 is 28.6 Å². The zero-order chi connectivity index (χ0) is 13.8. The van der Waals surface area contributed by atoms with Crippen molar-refractivity contribution in [2.45, 2.75) is 19.3 Å². The highest BCUT2D eigenvalue weighted by Gasteiger charge is 2.20. The van der Waals surface area contributed by atoms with Crippen LogP contribution in [-0.4, -0.2) is 28.9 Å². The summed E-state index contributed by atoms with van der Waals surface area (Å²) in [5, 5.41) is 4.35. The summed E-state index contributed by atoms with van der Waals surface area (Å²) < 4.78 is 0. The molecule has 20 heavy (non-hydrogen) atoms. The molecule has 0 radical (unpaired) electrons. The lowest BCUT2D eigenvalue weighted by atomic mass is 10.0. The molecule has 106 valence electrons. The Labute approximate surface area is 123 Å². The van der Waals surface area contributed by atoms with Crippen LogP contribution in [0.25, 0.3) is 10.9 Å². The molecule has 1 amide bonds. The highest BCUT2D eigenvalue weighted by atomic mass is 32.2. The Morgan fingerprint density at radius 2 is 2.30 bits per heavy atom. The Hall–Kier alpha value is -1.42. The molecule has 0 aliphatic carbocycles. The van der Waals surface area contributed by atoms with Gasteiger partial charge in [0.1, 0.15) is 0 Å². The first-order valence-electron chi connectivity index (χ1n) is 7.25. The lowest BCUT2D eigenvalue weighted by molar-refractivity contribution is -0.124. The van der Waals surface area contributed by atoms with Gasteiger partial charge >= 0.3 is 0 Å². The SMILES string of the molecule is O=C(NCCc1c[nH]c2ccccc12)C1CCCSC1. The van der Waals surface area contributed by atoms with E-state index in [1.165, 1.54) is 23.1 Å². The number of nitrogens with one attached hydrogen (secondary N) is 2. The summed E-state index contributed by atoms with van der Waals surface area (Å²) in [6, 6.07) is 8.29. The first-order chi connectivity index (χ1) is 9.84. The fraction of sp³-hybridized carbons (Fsp3) is 0.438. The van der Waals surface area contributed by atoms with Crippen LogP contribution in [0.15, 0.2) is 30.5 Å². The van der Waals surface area contributed by atoms with Gasteiger partial charge in [-0.3, -0.25) is 4.79 Å². The van der Waals surface area contributed by atoms with E-state index in [1.807, 2.05) is 24.0 Å². The van der Waals surface area contributed by atoms with Crippen molar-refractivity contribution in [3.8, 4) is 0 Å². The highest BCUT2D eigenvalue weighted by molar-refractivity contribution is 7.99. The topological polar surface area (TPSA) is 44.9 Å². The van der Waals surface area contributed by atoms with Crippen LogP contribution in [0.5, 0.6) is 0 Å². The first-order valence-corrected chi connectivity index (χ1v) is 8.40. The zero-order valence-electron chi connectivity index (χ0n) is 11.5. The van der Waals surface area contributed by atoms with Gasteiger partial charge < -0.3 is 10.3 Å². The van der Waals surface area contributed by atoms with Crippen LogP contribution in [0.2, 0.25) is 0 Å². The van der Waals surface area contributed by atoms with E-state index in [4.69, 9.17) is 0 Å². The van der Waals surface area contributed by atoms with Gasteiger partial charge in [-0.1, -0.05) is 18.2 Å². The number of aromatic nitrogens is 1. The van der Waals surface area contributed by atoms with Crippen molar-refractivity contribution in [2.75, 3.05) is 18.1 Å². The van der Waals surface area contributed by atoms with Crippen molar-refractivity contribution in [2.24, 2.45) is 5.92 Å². The number of aromatic amines is 1. The summed E-state index contributed by atoms with van der Waals surface area (Å²) in [5.41, 5.74) is 2.44. The largest absolute Gasteiger partial charge is 0.361 e. The minimum atomic E-state index is 0.219. The number of hydrogen-bond acceptors (Lipinski definition) is 2. The van der Waals surface area contributed by atoms with Crippen LogP contribution in [0, 0.1) is 5.92 Å². The summed E-state index contributed by atoms with van der Waals surface area (Å²) in [5.74, 6) is 2.65. The van der Waals surface area contributed by atoms with E-state index in [0.717, 1.165) is 30.7 Å². The quantitative estimate of drug-likeness (QED) is 0.908. The lowest BCUT2D eigenvalue weighted by Crippen LogP contribution is -2.34. The number of hydrogen-bond donors (Lipinski definition) is 2. The van der Waals surface area contributed by atoms with Gasteiger partial charge in [-0.05, 0) is 36.6 Å². The van der Waals surface area contributed by atoms with E-state index >= 15 is 0 Å². The van der Waals surface area contributed by atoms with Crippen LogP contribution in [-0.2, 0) is 11.2 Å². The number of rotatable bonds is 4. The highest BCUT2D eigenvalue weighted by Crippen LogP contribution is 2.22. The second kappa shape index (κ2) is 6.35. The molecule has 1 fully saturated rings. The molecule has 3 rings (SSSR count). The molecule has 0 bridgehead atoms. The van der Waals surface area contributed by atoms with Crippen LogP contribution in [0.3, 0.4) is 0 Å². The van der Waals surface area contributed by atoms with Crippen molar-refractivity contribution in [1.29, 1.82) is 0 Å². The molecule has 1 atom stereocenters. The van der Waals surface area contributed by atoms with Gasteiger partial charge in [0.15, 0.2) is 0 Å². The third-order valence-corrected chi connectivity index (χ3v) is 5.11. The molecule has 3 nitrogen and oxygen atoms in total. The molecule has 1 aliphatic rings. The molecule has 2 aromatic rings. The molecule has 2 heterocycles. The summed E-state index contributed by atoms with van der Waals surface area (Å²) in [6.45, 7) is 0.724. The van der Waals surface area contributed by atoms with Crippen LogP contribution < -0.4 is 5.32 Å². The molecule has 1 unspecified atom stereocenters. The number of fused-ring (bicyclic) bond motifs is 1. The number of H-pyrrole nitrogens is 1. The predicted octanol–water partition coefficient (Wildman–Crippen LogP) is 2.97. The molecule has 1 aliphatic heterocycles. The van der Waals surface area contributed by atoms with Crippen molar-refractivity contribution in [3.05, 3.63) is 36.0 Å². The summed E-state index contributed by atoms with van der Waals surface area (Å²) >= 11 is 1.90. The second-order valence-electron chi connectivity index (χ2n) is 5.31. The predicted molar refractivity (Wildman–Crippen MR) is 85.1 cm³/mol. The number of thioether (sulfide) groups is 1. The molecular formula is C16H20N2OS. The second-order valence-corrected chi connectivity index (χ2v) is 6.46. The van der Waals surface area contributed by atoms with Gasteiger partial charge in [0.05, 0.1) is 0 Å². The van der Waals surface area contributed by atoms with Crippen molar-refractivity contribution < 1.29 is 4.79 Å². The van der Waals surface area contributed by atoms with E-state index in [2.05, 4.69) is 28.5 Å². The Morgan fingerprint density at radius 3 is 3.15 bits per heavy atom. The number of carbonyl (C=O) groups excluding carboxylic acids is 1. The summed E-state index contributed by atoms with van der Waals surface area (Å²) in [4.78, 5) is 15.3. The lowest BCUT2D eigenvalue weighted by Gasteiger charge is -2.20. The van der Waals surface area contributed by atoms with Crippen LogP contribution in [0.4, 0.5) is 0 Å². The fourth-order valence-electron chi connectivity index (χ4n) is 2.75. The smallest absolute Gasteiger partial charge is 0.223 e. The molecule has 1 aromatic carbocycles. The Balaban J connectivity index is 1.53. The monoisotopic (exact) mass is 288 g/mol. The Bertz CT molecular complexity index is 587. The van der Waals surface area contributed by atoms with E-state index in [1.54, 1.807) is 0 Å². The maximum Gasteiger partial charge on any atom is 0.223 e. The molecule has 0 spiro atoms. The van der Waals surface area contributed by atoms with Gasteiger partial charge in [-0.2, -0.15) is 11.8 Å². The number of amides is 1. The van der Waals surface area contributed by atoms with Crippen LogP contribution >= 0.6 is 11.8 Å². The molecule has 4 heteroatoms. The molecule has 0 saturated carbocycles. The maximum atomic E-state index is 12.1. The van der Waals surface area contributed by atoms with Gasteiger partial charge in [-0.15, -0.1) is 0 Å². The fourth-order valence-corrected chi connectivity index (χ4v) is 3.89. The summed E-state index contributed by atoms with van der Waals surface area (Å²) in [7, 11) is 0. The van der Waals surface area contributed by atoms with E-state index in [-0.39, 0.29) is 11.8 Å². The third-order valence-electron chi connectivity index (χ3n) is 3.90. The number of para-hydroxylation sites is 1. The normalized spacial score (nSPS) is 19.1. The Kier molecular flexibility index (Phi) is 4.31. The minimum absolute atomic E-state index is 0.219. The minimum Gasteiger partial charge on any atom is -0.361 e. The third kappa shape index (κ3) is 3.01. The zero-order valence-corrected chi connectivity index (χ0v) is 12.3. The van der Waals surface area contributed by atoms with Gasteiger partial charge in [0.2, 0.25) is 5.91 Å². The van der Waals surface area contributed by atoms with E-state index in [0.29, 0.717) is 0 Å². The van der Waals surface area contributed by atoms with Crippen LogP contribution in [0.1, 0.15) is 18.4 Å². The van der Waals surface area contributed by atoms with Gasteiger partial charge in [0.25, 0.3) is 0 Å². The van der Waals surface area contributed by atoms with E-state index < -0.39 is 0 Å². The molecule has 1 saturated heterocycles. The van der Waals surface area contributed by atoms with Gasteiger partial charge in [0, 0.05) is 35.3 Å². The maximum absolute atomic E-state index is 12.1. The standard InChI is InChI=1S/C16H20N2OS/c19-16(13-4-3-9-20-11-13)17-8-7-12-10-18-15-6-2-1-5-14(12)15/h1-2,5-6,10,13,18H,3-4,7-9,11H2,(H,17,19). The molecular weight excluding hydrogens is 268 g/mol. The number of carbonyl (C=O) groups is 1. The Morgan fingerprint density at radius 1 is 1.40 bits per heavy atom. The van der Waals surface area contributed by atoms with Crippen molar-refractivity contribution in [3.63, 3.8) is 0 Å².